The summed E-state index contributed by atoms with van der Waals surface area (Å²) in [5.41, 5.74) is 1.20. The quantitative estimate of drug-likeness (QED) is 0.894. The minimum Gasteiger partial charge on any atom is -0.496 e. The molecule has 1 aliphatic heterocycles. The summed E-state index contributed by atoms with van der Waals surface area (Å²) in [4.78, 5) is 0. The molecule has 0 spiro atoms. The molecule has 0 saturated carbocycles. The molecule has 0 aromatic heterocycles. The number of hydrogen-bond acceptors (Lipinski definition) is 3. The van der Waals surface area contributed by atoms with E-state index in [2.05, 4.69) is 27.3 Å². The van der Waals surface area contributed by atoms with Gasteiger partial charge in [-0.25, -0.2) is 0 Å². The Hall–Kier alpha value is -0.580. The van der Waals surface area contributed by atoms with Gasteiger partial charge < -0.3 is 14.8 Å². The molecule has 4 heteroatoms. The highest BCUT2D eigenvalue weighted by Crippen LogP contribution is 2.28. The molecule has 2 rings (SSSR count). The lowest BCUT2D eigenvalue weighted by Gasteiger charge is -2.24. The third kappa shape index (κ3) is 2.51. The largest absolute Gasteiger partial charge is 0.496 e. The number of morpholine rings is 1. The van der Waals surface area contributed by atoms with Crippen molar-refractivity contribution in [3.63, 3.8) is 0 Å². The summed E-state index contributed by atoms with van der Waals surface area (Å²) < 4.78 is 11.7. The first-order valence-corrected chi connectivity index (χ1v) is 5.75. The average molecular weight is 272 g/mol. The zero-order valence-electron chi connectivity index (χ0n) is 8.63. The zero-order chi connectivity index (χ0) is 10.7. The molecule has 82 valence electrons. The molecule has 0 radical (unpaired) electrons. The Morgan fingerprint density at radius 2 is 2.40 bits per heavy atom. The monoisotopic (exact) mass is 271 g/mol. The van der Waals surface area contributed by atoms with Crippen LogP contribution in [0.2, 0.25) is 0 Å². The maximum absolute atomic E-state index is 5.43. The lowest BCUT2D eigenvalue weighted by molar-refractivity contribution is 0.0768. The molecule has 0 aliphatic carbocycles. The lowest BCUT2D eigenvalue weighted by atomic mass is 10.1. The van der Waals surface area contributed by atoms with Gasteiger partial charge >= 0.3 is 0 Å². The first-order valence-electron chi connectivity index (χ1n) is 4.96. The van der Waals surface area contributed by atoms with Crippen LogP contribution >= 0.6 is 15.9 Å². The first kappa shape index (κ1) is 10.9. The van der Waals surface area contributed by atoms with E-state index in [1.54, 1.807) is 7.11 Å². The van der Waals surface area contributed by atoms with Crippen LogP contribution in [0.1, 0.15) is 11.6 Å². The Bertz CT molecular complexity index is 337. The van der Waals surface area contributed by atoms with Crippen LogP contribution in [0.5, 0.6) is 5.75 Å². The Balaban J connectivity index is 2.20. The predicted octanol–water partition coefficient (Wildman–Crippen LogP) is 2.12. The van der Waals surface area contributed by atoms with Crippen LogP contribution in [-0.2, 0) is 4.74 Å². The van der Waals surface area contributed by atoms with E-state index in [0.717, 1.165) is 30.0 Å². The molecule has 1 atom stereocenters. The van der Waals surface area contributed by atoms with Gasteiger partial charge in [-0.05, 0) is 33.6 Å². The average Bonchev–Trinajstić information content (AvgIpc) is 2.31. The van der Waals surface area contributed by atoms with E-state index in [-0.39, 0.29) is 6.04 Å². The van der Waals surface area contributed by atoms with Crippen molar-refractivity contribution in [2.45, 2.75) is 6.04 Å². The number of benzene rings is 1. The fraction of sp³-hybridized carbons (Fsp3) is 0.455. The minimum atomic E-state index is 0.278. The van der Waals surface area contributed by atoms with E-state index in [9.17, 15) is 0 Å². The molecule has 15 heavy (non-hydrogen) atoms. The second-order valence-electron chi connectivity index (χ2n) is 3.48. The molecule has 1 aromatic carbocycles. The molecule has 1 fully saturated rings. The molecule has 0 amide bonds. The minimum absolute atomic E-state index is 0.278. The van der Waals surface area contributed by atoms with E-state index in [1.807, 2.05) is 12.1 Å². The van der Waals surface area contributed by atoms with E-state index < -0.39 is 0 Å². The van der Waals surface area contributed by atoms with E-state index in [0.29, 0.717) is 0 Å². The summed E-state index contributed by atoms with van der Waals surface area (Å²) in [5, 5.41) is 3.41. The summed E-state index contributed by atoms with van der Waals surface area (Å²) in [6, 6.07) is 6.40. The van der Waals surface area contributed by atoms with Crippen molar-refractivity contribution in [1.29, 1.82) is 0 Å². The topological polar surface area (TPSA) is 30.5 Å². The SMILES string of the molecule is COc1cc(C2COCCN2)ccc1Br. The van der Waals surface area contributed by atoms with Crippen LogP contribution in [0.4, 0.5) is 0 Å². The number of hydrogen-bond donors (Lipinski definition) is 1. The van der Waals surface area contributed by atoms with Crippen molar-refractivity contribution < 1.29 is 9.47 Å². The number of nitrogens with one attached hydrogen (secondary N) is 1. The molecule has 3 nitrogen and oxygen atoms in total. The number of methoxy groups -OCH3 is 1. The van der Waals surface area contributed by atoms with Crippen molar-refractivity contribution in [2.24, 2.45) is 0 Å². The van der Waals surface area contributed by atoms with Gasteiger partial charge in [0.05, 0.1) is 30.8 Å². The number of ether oxygens (including phenoxy) is 2. The highest BCUT2D eigenvalue weighted by Gasteiger charge is 2.16. The van der Waals surface area contributed by atoms with E-state index in [1.165, 1.54) is 5.56 Å². The van der Waals surface area contributed by atoms with Gasteiger partial charge in [-0.3, -0.25) is 0 Å². The molecule has 1 saturated heterocycles. The van der Waals surface area contributed by atoms with Crippen LogP contribution in [0.25, 0.3) is 0 Å². The summed E-state index contributed by atoms with van der Waals surface area (Å²) in [6.07, 6.45) is 0. The Morgan fingerprint density at radius 3 is 3.07 bits per heavy atom. The molecule has 1 aliphatic rings. The van der Waals surface area contributed by atoms with Gasteiger partial charge in [0.2, 0.25) is 0 Å². The zero-order valence-corrected chi connectivity index (χ0v) is 10.2. The van der Waals surface area contributed by atoms with Crippen molar-refractivity contribution in [1.82, 2.24) is 5.32 Å². The van der Waals surface area contributed by atoms with Gasteiger partial charge in [0, 0.05) is 6.54 Å². The van der Waals surface area contributed by atoms with Crippen molar-refractivity contribution in [3.8, 4) is 5.75 Å². The maximum atomic E-state index is 5.43. The molecular formula is C11H14BrNO2. The summed E-state index contributed by atoms with van der Waals surface area (Å²) in [6.45, 7) is 2.43. The van der Waals surface area contributed by atoms with Crippen molar-refractivity contribution in [2.75, 3.05) is 26.9 Å². The van der Waals surface area contributed by atoms with Gasteiger partial charge in [0.15, 0.2) is 0 Å². The lowest BCUT2D eigenvalue weighted by Crippen LogP contribution is -2.34. The molecular weight excluding hydrogens is 258 g/mol. The summed E-state index contributed by atoms with van der Waals surface area (Å²) in [7, 11) is 1.68. The Kier molecular flexibility index (Phi) is 3.61. The van der Waals surface area contributed by atoms with E-state index >= 15 is 0 Å². The first-order chi connectivity index (χ1) is 7.31. The number of rotatable bonds is 2. The van der Waals surface area contributed by atoms with Gasteiger partial charge in [-0.2, -0.15) is 0 Å². The second kappa shape index (κ2) is 4.96. The Morgan fingerprint density at radius 1 is 1.53 bits per heavy atom. The molecule has 1 N–H and O–H groups in total. The third-order valence-electron chi connectivity index (χ3n) is 2.50. The smallest absolute Gasteiger partial charge is 0.133 e. The Labute approximate surface area is 97.9 Å². The standard InChI is InChI=1S/C11H14BrNO2/c1-14-11-6-8(2-3-9(11)12)10-7-15-5-4-13-10/h2-3,6,10,13H,4-5,7H2,1H3. The normalized spacial score (nSPS) is 21.3. The van der Waals surface area contributed by atoms with Crippen LogP contribution in [0.3, 0.4) is 0 Å². The van der Waals surface area contributed by atoms with Crippen molar-refractivity contribution >= 4 is 15.9 Å². The summed E-state index contributed by atoms with van der Waals surface area (Å²) >= 11 is 3.44. The van der Waals surface area contributed by atoms with Crippen LogP contribution < -0.4 is 10.1 Å². The van der Waals surface area contributed by atoms with Gasteiger partial charge in [0.25, 0.3) is 0 Å². The highest BCUT2D eigenvalue weighted by atomic mass is 79.9. The summed E-state index contributed by atoms with van der Waals surface area (Å²) in [5.74, 6) is 0.861. The highest BCUT2D eigenvalue weighted by molar-refractivity contribution is 9.10. The molecule has 1 unspecified atom stereocenters. The maximum Gasteiger partial charge on any atom is 0.133 e. The van der Waals surface area contributed by atoms with Gasteiger partial charge in [-0.15, -0.1) is 0 Å². The fourth-order valence-electron chi connectivity index (χ4n) is 1.67. The van der Waals surface area contributed by atoms with Gasteiger partial charge in [-0.1, -0.05) is 6.07 Å². The van der Waals surface area contributed by atoms with Gasteiger partial charge in [0.1, 0.15) is 5.75 Å². The second-order valence-corrected chi connectivity index (χ2v) is 4.33. The van der Waals surface area contributed by atoms with Crippen LogP contribution in [0, 0.1) is 0 Å². The molecule has 1 heterocycles. The number of halogens is 1. The third-order valence-corrected chi connectivity index (χ3v) is 3.15. The predicted molar refractivity (Wildman–Crippen MR) is 62.3 cm³/mol. The van der Waals surface area contributed by atoms with E-state index in [4.69, 9.17) is 9.47 Å². The fourth-order valence-corrected chi connectivity index (χ4v) is 2.08. The van der Waals surface area contributed by atoms with Crippen LogP contribution in [-0.4, -0.2) is 26.9 Å². The molecule has 0 bridgehead atoms. The van der Waals surface area contributed by atoms with Crippen LogP contribution in [0.15, 0.2) is 22.7 Å². The van der Waals surface area contributed by atoms with Crippen molar-refractivity contribution in [3.05, 3.63) is 28.2 Å². The molecule has 1 aromatic rings.